The molecule has 0 aromatic carbocycles. The molecule has 5 heteroatoms. The Balaban J connectivity index is 2.05. The molecule has 3 rings (SSSR count). The highest BCUT2D eigenvalue weighted by atomic mass is 16.6. The highest BCUT2D eigenvalue weighted by Crippen LogP contribution is 2.57. The molecule has 0 spiro atoms. The van der Waals surface area contributed by atoms with Gasteiger partial charge in [-0.05, 0) is 19.3 Å². The summed E-state index contributed by atoms with van der Waals surface area (Å²) in [7, 11) is 0. The molecule has 20 heavy (non-hydrogen) atoms. The van der Waals surface area contributed by atoms with Crippen LogP contribution in [-0.2, 0) is 14.3 Å². The lowest BCUT2D eigenvalue weighted by Crippen LogP contribution is -2.59. The fourth-order valence-corrected chi connectivity index (χ4v) is 4.55. The van der Waals surface area contributed by atoms with Gasteiger partial charge < -0.3 is 19.7 Å². The van der Waals surface area contributed by atoms with Gasteiger partial charge >= 0.3 is 5.97 Å². The minimum absolute atomic E-state index is 0.248. The highest BCUT2D eigenvalue weighted by Gasteiger charge is 2.62. The zero-order valence-electron chi connectivity index (χ0n) is 11.5. The first-order chi connectivity index (χ1) is 9.40. The number of aliphatic hydroxyl groups is 2. The molecule has 2 saturated carbocycles. The van der Waals surface area contributed by atoms with Crippen LogP contribution in [0.1, 0.15) is 26.2 Å². The number of rotatable bonds is 1. The van der Waals surface area contributed by atoms with Gasteiger partial charge in [0.05, 0.1) is 18.1 Å². The number of ether oxygens (including phenoxy) is 1. The van der Waals surface area contributed by atoms with E-state index in [1.807, 2.05) is 6.92 Å². The van der Waals surface area contributed by atoms with Crippen molar-refractivity contribution in [1.29, 1.82) is 0 Å². The Kier molecular flexibility index (Phi) is 3.03. The van der Waals surface area contributed by atoms with Crippen LogP contribution in [-0.4, -0.2) is 40.8 Å². The molecular formula is C15H20O5. The van der Waals surface area contributed by atoms with Crippen molar-refractivity contribution in [2.24, 2.45) is 23.2 Å². The molecule has 0 aromatic heterocycles. The number of hydrogen-bond donors (Lipinski definition) is 2. The average Bonchev–Trinajstić information content (AvgIpc) is 2.68. The number of carbonyl (C=O) groups is 2. The lowest BCUT2D eigenvalue weighted by Gasteiger charge is -2.55. The Morgan fingerprint density at radius 1 is 1.40 bits per heavy atom. The van der Waals surface area contributed by atoms with Gasteiger partial charge in [-0.3, -0.25) is 0 Å². The number of carbonyl (C=O) groups excluding carboxylic acids is 2. The molecule has 1 aliphatic heterocycles. The Morgan fingerprint density at radius 2 is 2.10 bits per heavy atom. The van der Waals surface area contributed by atoms with Gasteiger partial charge in [-0.25, -0.2) is 4.79 Å². The molecule has 0 aromatic rings. The predicted molar refractivity (Wildman–Crippen MR) is 69.5 cm³/mol. The van der Waals surface area contributed by atoms with E-state index in [1.54, 1.807) is 0 Å². The highest BCUT2D eigenvalue weighted by molar-refractivity contribution is 5.91. The van der Waals surface area contributed by atoms with Crippen molar-refractivity contribution in [2.45, 2.75) is 44.5 Å². The van der Waals surface area contributed by atoms with Crippen LogP contribution in [0.25, 0.3) is 0 Å². The monoisotopic (exact) mass is 280 g/mol. The van der Waals surface area contributed by atoms with Crippen LogP contribution >= 0.6 is 0 Å². The Bertz CT molecular complexity index is 473. The number of aldehydes is 1. The van der Waals surface area contributed by atoms with Crippen molar-refractivity contribution in [2.75, 3.05) is 0 Å². The van der Waals surface area contributed by atoms with E-state index < -0.39 is 35.6 Å². The summed E-state index contributed by atoms with van der Waals surface area (Å²) < 4.78 is 5.39. The van der Waals surface area contributed by atoms with Crippen LogP contribution in [0.4, 0.5) is 0 Å². The average molecular weight is 280 g/mol. The molecule has 110 valence electrons. The summed E-state index contributed by atoms with van der Waals surface area (Å²) in [6.45, 7) is 5.60. The zero-order valence-corrected chi connectivity index (χ0v) is 11.5. The van der Waals surface area contributed by atoms with Crippen LogP contribution in [0.3, 0.4) is 0 Å². The third-order valence-electron chi connectivity index (χ3n) is 5.61. The molecule has 0 radical (unpaired) electrons. The smallest absolute Gasteiger partial charge is 0.334 e. The predicted octanol–water partition coefficient (Wildman–Crippen LogP) is 0.441. The van der Waals surface area contributed by atoms with Crippen LogP contribution in [0.15, 0.2) is 12.2 Å². The van der Waals surface area contributed by atoms with E-state index in [0.29, 0.717) is 19.3 Å². The van der Waals surface area contributed by atoms with Crippen molar-refractivity contribution < 1.29 is 24.5 Å². The largest absolute Gasteiger partial charge is 0.458 e. The SMILES string of the molecule is C=C1C(=O)OC2[C@H]1[C@@H](O)C[C@@]1(C)[C@H](O)CC[C@H](C=O)[C@H]21. The molecule has 2 aliphatic carbocycles. The van der Waals surface area contributed by atoms with Crippen LogP contribution in [0.2, 0.25) is 0 Å². The topological polar surface area (TPSA) is 83.8 Å². The van der Waals surface area contributed by atoms with E-state index in [9.17, 15) is 19.8 Å². The minimum Gasteiger partial charge on any atom is -0.458 e. The summed E-state index contributed by atoms with van der Waals surface area (Å²) >= 11 is 0. The van der Waals surface area contributed by atoms with Gasteiger partial charge in [0.25, 0.3) is 0 Å². The van der Waals surface area contributed by atoms with Gasteiger partial charge in [0, 0.05) is 22.8 Å². The van der Waals surface area contributed by atoms with E-state index >= 15 is 0 Å². The normalized spacial score (nSPS) is 51.1. The van der Waals surface area contributed by atoms with Crippen molar-refractivity contribution in [3.05, 3.63) is 12.2 Å². The van der Waals surface area contributed by atoms with Crippen molar-refractivity contribution in [3.63, 3.8) is 0 Å². The molecule has 3 aliphatic rings. The summed E-state index contributed by atoms with van der Waals surface area (Å²) in [5.41, 5.74) is -0.316. The standard InChI is InChI=1S/C15H20O5/c1-7-11-9(17)5-15(2)10(18)4-3-8(6-16)12(15)13(11)20-14(7)19/h6,8-13,17-18H,1,3-5H2,2H3/t8-,9+,10-,11-,12-,13?,15+/m1/s1. The second-order valence-corrected chi connectivity index (χ2v) is 6.62. The first-order valence-electron chi connectivity index (χ1n) is 7.11. The summed E-state index contributed by atoms with van der Waals surface area (Å²) in [5, 5.41) is 20.7. The third kappa shape index (κ3) is 1.63. The summed E-state index contributed by atoms with van der Waals surface area (Å²) in [6.07, 6.45) is 0.489. The quantitative estimate of drug-likeness (QED) is 0.414. The summed E-state index contributed by atoms with van der Waals surface area (Å²) in [5.74, 6) is -1.44. The maximum Gasteiger partial charge on any atom is 0.334 e. The first-order valence-corrected chi connectivity index (χ1v) is 7.11. The third-order valence-corrected chi connectivity index (χ3v) is 5.61. The van der Waals surface area contributed by atoms with Gasteiger partial charge in [0.2, 0.25) is 0 Å². The molecule has 0 bridgehead atoms. The Hall–Kier alpha value is -1.20. The Morgan fingerprint density at radius 3 is 2.75 bits per heavy atom. The van der Waals surface area contributed by atoms with E-state index in [0.717, 1.165) is 6.29 Å². The molecule has 1 saturated heterocycles. The van der Waals surface area contributed by atoms with Crippen LogP contribution in [0, 0.1) is 23.2 Å². The summed E-state index contributed by atoms with van der Waals surface area (Å²) in [6, 6.07) is 0. The van der Waals surface area contributed by atoms with Gasteiger partial charge in [-0.2, -0.15) is 0 Å². The molecule has 2 N–H and O–H groups in total. The van der Waals surface area contributed by atoms with Crippen molar-refractivity contribution in [1.82, 2.24) is 0 Å². The van der Waals surface area contributed by atoms with Gasteiger partial charge in [0.15, 0.2) is 0 Å². The van der Waals surface area contributed by atoms with Crippen LogP contribution in [0.5, 0.6) is 0 Å². The van der Waals surface area contributed by atoms with Gasteiger partial charge in [-0.15, -0.1) is 0 Å². The fraction of sp³-hybridized carbons (Fsp3) is 0.733. The molecular weight excluding hydrogens is 260 g/mol. The first kappa shape index (κ1) is 13.8. The summed E-state index contributed by atoms with van der Waals surface area (Å²) in [4.78, 5) is 23.1. The minimum atomic E-state index is -0.764. The van der Waals surface area contributed by atoms with Crippen LogP contribution < -0.4 is 0 Å². The maximum absolute atomic E-state index is 11.8. The van der Waals surface area contributed by atoms with E-state index in [2.05, 4.69) is 6.58 Å². The van der Waals surface area contributed by atoms with Crippen molar-refractivity contribution in [3.8, 4) is 0 Å². The fourth-order valence-electron chi connectivity index (χ4n) is 4.55. The second kappa shape index (κ2) is 4.40. The van der Waals surface area contributed by atoms with E-state index in [4.69, 9.17) is 4.74 Å². The maximum atomic E-state index is 11.8. The molecule has 1 unspecified atom stereocenters. The number of hydrogen-bond acceptors (Lipinski definition) is 5. The number of esters is 1. The van der Waals surface area contributed by atoms with Gasteiger partial charge in [-0.1, -0.05) is 13.5 Å². The molecule has 3 fully saturated rings. The lowest BCUT2D eigenvalue weighted by atomic mass is 9.52. The second-order valence-electron chi connectivity index (χ2n) is 6.62. The van der Waals surface area contributed by atoms with Gasteiger partial charge in [0.1, 0.15) is 12.4 Å². The molecule has 7 atom stereocenters. The number of aliphatic hydroxyl groups excluding tert-OH is 2. The van der Waals surface area contributed by atoms with E-state index in [-0.39, 0.29) is 17.4 Å². The molecule has 1 heterocycles. The number of fused-ring (bicyclic) bond motifs is 3. The molecule has 0 amide bonds. The lowest BCUT2D eigenvalue weighted by molar-refractivity contribution is -0.185. The molecule has 5 nitrogen and oxygen atoms in total. The Labute approximate surface area is 117 Å². The van der Waals surface area contributed by atoms with Crippen molar-refractivity contribution >= 4 is 12.3 Å². The van der Waals surface area contributed by atoms with E-state index in [1.165, 1.54) is 0 Å². The zero-order chi connectivity index (χ0) is 14.7.